The first kappa shape index (κ1) is 20.3. The van der Waals surface area contributed by atoms with Gasteiger partial charge in [-0.25, -0.2) is 4.98 Å². The number of aryl methyl sites for hydroxylation is 2. The Morgan fingerprint density at radius 3 is 2.45 bits per heavy atom. The summed E-state index contributed by atoms with van der Waals surface area (Å²) in [6.45, 7) is 3.76. The number of H-pyrrole nitrogens is 1. The van der Waals surface area contributed by atoms with E-state index >= 15 is 0 Å². The Balaban J connectivity index is 1.67. The van der Waals surface area contributed by atoms with Gasteiger partial charge in [-0.05, 0) is 38.1 Å². The first-order valence-corrected chi connectivity index (χ1v) is 9.62. The molecule has 0 aliphatic heterocycles. The lowest BCUT2D eigenvalue weighted by Gasteiger charge is -2.11. The molecule has 1 amide bonds. The Morgan fingerprint density at radius 1 is 1.03 bits per heavy atom. The second-order valence-electron chi connectivity index (χ2n) is 6.98. The van der Waals surface area contributed by atoms with Gasteiger partial charge in [-0.3, -0.25) is 4.79 Å². The molecule has 8 heteroatoms. The smallest absolute Gasteiger partial charge is 0.272 e. The number of carbonyl (C=O) groups is 1. The molecule has 4 rings (SSSR count). The van der Waals surface area contributed by atoms with Crippen LogP contribution in [-0.4, -0.2) is 37.2 Å². The lowest BCUT2D eigenvalue weighted by Crippen LogP contribution is -2.12. The number of amides is 1. The maximum atomic E-state index is 12.9. The predicted octanol–water partition coefficient (Wildman–Crippen LogP) is 4.72. The van der Waals surface area contributed by atoms with Crippen molar-refractivity contribution in [3.63, 3.8) is 0 Å². The van der Waals surface area contributed by atoms with Crippen LogP contribution in [0.1, 0.15) is 21.9 Å². The monoisotopic (exact) mass is 421 g/mol. The Labute approximate surface area is 179 Å². The highest BCUT2D eigenvalue weighted by Crippen LogP contribution is 2.41. The number of carbonyl (C=O) groups excluding carboxylic acids is 1. The SMILES string of the molecule is COc1cc(OC)c2cc(C(=O)Nc3cccc(-c4nc(C)c(C)o4)c3)[nH]c2c1OC. The van der Waals surface area contributed by atoms with Crippen molar-refractivity contribution >= 4 is 22.5 Å². The summed E-state index contributed by atoms with van der Waals surface area (Å²) in [5.41, 5.74) is 3.20. The summed E-state index contributed by atoms with van der Waals surface area (Å²) in [5, 5.41) is 3.61. The Bertz CT molecular complexity index is 1250. The molecular formula is C23H23N3O5. The number of nitrogens with one attached hydrogen (secondary N) is 2. The van der Waals surface area contributed by atoms with Crippen LogP contribution >= 0.6 is 0 Å². The van der Waals surface area contributed by atoms with Gasteiger partial charge in [0, 0.05) is 22.7 Å². The van der Waals surface area contributed by atoms with Crippen molar-refractivity contribution in [2.75, 3.05) is 26.6 Å². The van der Waals surface area contributed by atoms with Gasteiger partial charge in [0.25, 0.3) is 5.91 Å². The quantitative estimate of drug-likeness (QED) is 0.468. The first-order chi connectivity index (χ1) is 14.9. The van der Waals surface area contributed by atoms with Gasteiger partial charge in [-0.2, -0.15) is 0 Å². The third kappa shape index (κ3) is 3.68. The highest BCUT2D eigenvalue weighted by atomic mass is 16.5. The van der Waals surface area contributed by atoms with Gasteiger partial charge in [0.1, 0.15) is 17.2 Å². The van der Waals surface area contributed by atoms with Crippen molar-refractivity contribution in [3.8, 4) is 28.7 Å². The molecule has 8 nitrogen and oxygen atoms in total. The maximum absolute atomic E-state index is 12.9. The number of oxazole rings is 1. The van der Waals surface area contributed by atoms with E-state index in [1.54, 1.807) is 39.5 Å². The van der Waals surface area contributed by atoms with E-state index in [-0.39, 0.29) is 5.91 Å². The van der Waals surface area contributed by atoms with Crippen LogP contribution in [0.3, 0.4) is 0 Å². The van der Waals surface area contributed by atoms with E-state index in [4.69, 9.17) is 18.6 Å². The van der Waals surface area contributed by atoms with Crippen molar-refractivity contribution in [3.05, 3.63) is 53.5 Å². The minimum atomic E-state index is -0.309. The minimum absolute atomic E-state index is 0.309. The zero-order chi connectivity index (χ0) is 22.1. The number of anilines is 1. The molecule has 4 aromatic rings. The molecule has 2 N–H and O–H groups in total. The standard InChI is InChI=1S/C23H23N3O5/c1-12-13(2)31-23(24-12)14-7-6-8-15(9-14)25-22(27)17-10-16-18(28-3)11-19(29-4)21(30-5)20(16)26-17/h6-11,26H,1-5H3,(H,25,27). The molecule has 0 aliphatic carbocycles. The lowest BCUT2D eigenvalue weighted by molar-refractivity contribution is 0.102. The summed E-state index contributed by atoms with van der Waals surface area (Å²) in [5.74, 6) is 2.54. The fraction of sp³-hybridized carbons (Fsp3) is 0.217. The Kier molecular flexibility index (Phi) is 5.29. The molecule has 2 heterocycles. The van der Waals surface area contributed by atoms with Crippen LogP contribution in [0.5, 0.6) is 17.2 Å². The zero-order valence-corrected chi connectivity index (χ0v) is 18.0. The van der Waals surface area contributed by atoms with Crippen molar-refractivity contribution < 1.29 is 23.4 Å². The van der Waals surface area contributed by atoms with E-state index in [1.165, 1.54) is 0 Å². The van der Waals surface area contributed by atoms with Crippen molar-refractivity contribution in [1.82, 2.24) is 9.97 Å². The highest BCUT2D eigenvalue weighted by Gasteiger charge is 2.20. The first-order valence-electron chi connectivity index (χ1n) is 9.62. The van der Waals surface area contributed by atoms with Crippen LogP contribution in [0.25, 0.3) is 22.4 Å². The van der Waals surface area contributed by atoms with Gasteiger partial charge in [0.15, 0.2) is 11.5 Å². The molecule has 31 heavy (non-hydrogen) atoms. The van der Waals surface area contributed by atoms with Gasteiger partial charge in [-0.1, -0.05) is 6.07 Å². The molecule has 0 atom stereocenters. The minimum Gasteiger partial charge on any atom is -0.496 e. The lowest BCUT2D eigenvalue weighted by atomic mass is 10.2. The number of aromatic amines is 1. The molecule has 0 unspecified atom stereocenters. The number of methoxy groups -OCH3 is 3. The van der Waals surface area contributed by atoms with E-state index in [0.29, 0.717) is 45.4 Å². The number of rotatable bonds is 6. The van der Waals surface area contributed by atoms with E-state index in [2.05, 4.69) is 15.3 Å². The largest absolute Gasteiger partial charge is 0.496 e. The zero-order valence-electron chi connectivity index (χ0n) is 18.0. The van der Waals surface area contributed by atoms with Gasteiger partial charge in [0.05, 0.1) is 32.5 Å². The number of hydrogen-bond acceptors (Lipinski definition) is 6. The molecule has 2 aromatic heterocycles. The maximum Gasteiger partial charge on any atom is 0.272 e. The normalized spacial score (nSPS) is 10.9. The number of aromatic nitrogens is 2. The summed E-state index contributed by atoms with van der Waals surface area (Å²) in [6, 6.07) is 10.8. The Morgan fingerprint density at radius 2 is 1.81 bits per heavy atom. The fourth-order valence-electron chi connectivity index (χ4n) is 3.38. The van der Waals surface area contributed by atoms with Crippen molar-refractivity contribution in [2.45, 2.75) is 13.8 Å². The number of nitrogens with zero attached hydrogens (tertiary/aromatic N) is 1. The molecule has 2 aromatic carbocycles. The summed E-state index contributed by atoms with van der Waals surface area (Å²) < 4.78 is 22.0. The van der Waals surface area contributed by atoms with Crippen molar-refractivity contribution in [2.24, 2.45) is 0 Å². The molecule has 0 saturated carbocycles. The van der Waals surface area contributed by atoms with E-state index in [0.717, 1.165) is 17.0 Å². The number of benzene rings is 2. The average molecular weight is 421 g/mol. The summed E-state index contributed by atoms with van der Waals surface area (Å²) in [4.78, 5) is 20.5. The number of fused-ring (bicyclic) bond motifs is 1. The van der Waals surface area contributed by atoms with Gasteiger partial charge in [-0.15, -0.1) is 0 Å². The summed E-state index contributed by atoms with van der Waals surface area (Å²) in [6.07, 6.45) is 0. The Hall–Kier alpha value is -3.94. The predicted molar refractivity (Wildman–Crippen MR) is 117 cm³/mol. The number of hydrogen-bond donors (Lipinski definition) is 2. The van der Waals surface area contributed by atoms with Gasteiger partial charge in [0.2, 0.25) is 5.89 Å². The van der Waals surface area contributed by atoms with Crippen LogP contribution in [0.4, 0.5) is 5.69 Å². The average Bonchev–Trinajstić information content (AvgIpc) is 3.36. The van der Waals surface area contributed by atoms with Crippen LogP contribution in [0.15, 0.2) is 40.8 Å². The molecule has 0 spiro atoms. The van der Waals surface area contributed by atoms with E-state index in [1.807, 2.05) is 32.0 Å². The third-order valence-electron chi connectivity index (χ3n) is 5.08. The van der Waals surface area contributed by atoms with Crippen LogP contribution in [0.2, 0.25) is 0 Å². The molecule has 0 radical (unpaired) electrons. The van der Waals surface area contributed by atoms with Crippen LogP contribution < -0.4 is 19.5 Å². The second kappa shape index (κ2) is 8.06. The third-order valence-corrected chi connectivity index (χ3v) is 5.08. The summed E-state index contributed by atoms with van der Waals surface area (Å²) >= 11 is 0. The second-order valence-corrected chi connectivity index (χ2v) is 6.98. The molecular weight excluding hydrogens is 398 g/mol. The van der Waals surface area contributed by atoms with Gasteiger partial charge >= 0.3 is 0 Å². The van der Waals surface area contributed by atoms with Gasteiger partial charge < -0.3 is 28.9 Å². The highest BCUT2D eigenvalue weighted by molar-refractivity contribution is 6.08. The van der Waals surface area contributed by atoms with Crippen LogP contribution in [0, 0.1) is 13.8 Å². The molecule has 0 bridgehead atoms. The number of ether oxygens (including phenoxy) is 3. The fourth-order valence-corrected chi connectivity index (χ4v) is 3.38. The topological polar surface area (TPSA) is 98.6 Å². The summed E-state index contributed by atoms with van der Waals surface area (Å²) in [7, 11) is 4.65. The molecule has 0 fully saturated rings. The molecule has 160 valence electrons. The molecule has 0 saturated heterocycles. The molecule has 0 aliphatic rings. The van der Waals surface area contributed by atoms with Crippen molar-refractivity contribution in [1.29, 1.82) is 0 Å². The van der Waals surface area contributed by atoms with Crippen LogP contribution in [-0.2, 0) is 0 Å². The van der Waals surface area contributed by atoms with E-state index < -0.39 is 0 Å². The van der Waals surface area contributed by atoms with E-state index in [9.17, 15) is 4.79 Å².